The summed E-state index contributed by atoms with van der Waals surface area (Å²) < 4.78 is 1.77. The van der Waals surface area contributed by atoms with Gasteiger partial charge in [-0.25, -0.2) is 4.98 Å². The lowest BCUT2D eigenvalue weighted by Crippen LogP contribution is -2.14. The van der Waals surface area contributed by atoms with Crippen LogP contribution in [0.3, 0.4) is 0 Å². The maximum atomic E-state index is 5.70. The molecule has 0 amide bonds. The molecule has 0 spiro atoms. The van der Waals surface area contributed by atoms with Crippen LogP contribution < -0.4 is 11.5 Å². The zero-order valence-electron chi connectivity index (χ0n) is 11.1. The summed E-state index contributed by atoms with van der Waals surface area (Å²) in [6, 6.07) is 1.71. The van der Waals surface area contributed by atoms with Crippen molar-refractivity contribution in [2.75, 3.05) is 11.5 Å². The Hall–Kier alpha value is -2.11. The molecule has 0 aromatic carbocycles. The van der Waals surface area contributed by atoms with Crippen LogP contribution in [0.2, 0.25) is 0 Å². The summed E-state index contributed by atoms with van der Waals surface area (Å²) in [6.45, 7) is 6.31. The predicted molar refractivity (Wildman–Crippen MR) is 71.8 cm³/mol. The topological polar surface area (TPSA) is 95.6 Å². The summed E-state index contributed by atoms with van der Waals surface area (Å²) in [6.07, 6.45) is 1.92. The van der Waals surface area contributed by atoms with Gasteiger partial charge in [-0.05, 0) is 0 Å². The summed E-state index contributed by atoms with van der Waals surface area (Å²) in [7, 11) is 1.88. The van der Waals surface area contributed by atoms with Gasteiger partial charge in [0.2, 0.25) is 5.95 Å². The van der Waals surface area contributed by atoms with Crippen molar-refractivity contribution >= 4 is 11.8 Å². The number of hydrogen-bond acceptors (Lipinski definition) is 5. The molecule has 4 N–H and O–H groups in total. The first-order valence-corrected chi connectivity index (χ1v) is 5.72. The Labute approximate surface area is 106 Å². The highest BCUT2D eigenvalue weighted by Crippen LogP contribution is 2.31. The Balaban J connectivity index is 2.63. The maximum Gasteiger partial charge on any atom is 0.222 e. The molecule has 96 valence electrons. The van der Waals surface area contributed by atoms with Crippen LogP contribution in [0.1, 0.15) is 26.5 Å². The molecule has 0 aliphatic rings. The van der Waals surface area contributed by atoms with Crippen LogP contribution in [0.4, 0.5) is 11.8 Å². The van der Waals surface area contributed by atoms with Crippen LogP contribution in [0.5, 0.6) is 0 Å². The van der Waals surface area contributed by atoms with E-state index in [1.165, 1.54) is 0 Å². The largest absolute Gasteiger partial charge is 0.384 e. The minimum Gasteiger partial charge on any atom is -0.384 e. The molecule has 0 saturated carbocycles. The van der Waals surface area contributed by atoms with E-state index >= 15 is 0 Å². The number of hydrogen-bond donors (Lipinski definition) is 2. The molecule has 6 nitrogen and oxygen atoms in total. The quantitative estimate of drug-likeness (QED) is 0.791. The molecule has 0 atom stereocenters. The predicted octanol–water partition coefficient (Wildman–Crippen LogP) is 1.34. The van der Waals surface area contributed by atoms with Gasteiger partial charge in [0.05, 0.1) is 11.4 Å². The van der Waals surface area contributed by atoms with E-state index in [1.807, 2.05) is 13.2 Å². The summed E-state index contributed by atoms with van der Waals surface area (Å²) in [5.74, 6) is 0.537. The fourth-order valence-electron chi connectivity index (χ4n) is 1.85. The van der Waals surface area contributed by atoms with Crippen LogP contribution >= 0.6 is 0 Å². The molecule has 0 unspecified atom stereocenters. The van der Waals surface area contributed by atoms with Gasteiger partial charge in [0.15, 0.2) is 0 Å². The van der Waals surface area contributed by atoms with Gasteiger partial charge in [-0.2, -0.15) is 10.1 Å². The van der Waals surface area contributed by atoms with E-state index in [1.54, 1.807) is 10.7 Å². The van der Waals surface area contributed by atoms with E-state index in [4.69, 9.17) is 11.5 Å². The van der Waals surface area contributed by atoms with Gasteiger partial charge >= 0.3 is 0 Å². The van der Waals surface area contributed by atoms with Crippen molar-refractivity contribution in [1.29, 1.82) is 0 Å². The molecule has 2 aromatic rings. The molecule has 0 aliphatic carbocycles. The second-order valence-corrected chi connectivity index (χ2v) is 5.35. The fourth-order valence-corrected chi connectivity index (χ4v) is 1.85. The molecule has 2 rings (SSSR count). The zero-order chi connectivity index (χ0) is 13.5. The minimum atomic E-state index is -0.0783. The Morgan fingerprint density at radius 3 is 2.39 bits per heavy atom. The van der Waals surface area contributed by atoms with Crippen LogP contribution in [-0.2, 0) is 12.5 Å². The van der Waals surface area contributed by atoms with Gasteiger partial charge < -0.3 is 11.5 Å². The van der Waals surface area contributed by atoms with E-state index in [0.29, 0.717) is 11.5 Å². The van der Waals surface area contributed by atoms with Crippen LogP contribution in [0, 0.1) is 0 Å². The molecule has 2 heterocycles. The van der Waals surface area contributed by atoms with Crippen LogP contribution in [0.25, 0.3) is 11.3 Å². The normalized spacial score (nSPS) is 11.8. The van der Waals surface area contributed by atoms with Gasteiger partial charge in [0.25, 0.3) is 0 Å². The van der Waals surface area contributed by atoms with E-state index in [2.05, 4.69) is 35.8 Å². The highest BCUT2D eigenvalue weighted by atomic mass is 15.3. The molecule has 0 bridgehead atoms. The number of anilines is 2. The van der Waals surface area contributed by atoms with Crippen molar-refractivity contribution in [3.05, 3.63) is 18.0 Å². The Kier molecular flexibility index (Phi) is 2.73. The van der Waals surface area contributed by atoms with E-state index < -0.39 is 0 Å². The summed E-state index contributed by atoms with van der Waals surface area (Å²) in [4.78, 5) is 8.10. The molecule has 2 aromatic heterocycles. The molecule has 0 saturated heterocycles. The van der Waals surface area contributed by atoms with Crippen molar-refractivity contribution in [1.82, 2.24) is 19.7 Å². The molecule has 6 heteroatoms. The third-order valence-electron chi connectivity index (χ3n) is 2.58. The average Bonchev–Trinajstić information content (AvgIpc) is 2.58. The molecule has 0 aliphatic heterocycles. The second kappa shape index (κ2) is 3.97. The minimum absolute atomic E-state index is 0.0783. The number of aromatic nitrogens is 4. The van der Waals surface area contributed by atoms with Gasteiger partial charge in [0.1, 0.15) is 5.82 Å². The maximum absolute atomic E-state index is 5.70. The smallest absolute Gasteiger partial charge is 0.222 e. The Morgan fingerprint density at radius 1 is 1.17 bits per heavy atom. The van der Waals surface area contributed by atoms with Gasteiger partial charge in [-0.1, -0.05) is 20.8 Å². The number of nitrogens with two attached hydrogens (primary N) is 2. The molecule has 18 heavy (non-hydrogen) atoms. The SMILES string of the molecule is Cn1cc(-c2cc(N)nc(N)n2)c(C(C)(C)C)n1. The third-order valence-corrected chi connectivity index (χ3v) is 2.58. The van der Waals surface area contributed by atoms with E-state index in [0.717, 1.165) is 11.3 Å². The lowest BCUT2D eigenvalue weighted by molar-refractivity contribution is 0.554. The van der Waals surface area contributed by atoms with Crippen molar-refractivity contribution < 1.29 is 0 Å². The highest BCUT2D eigenvalue weighted by Gasteiger charge is 2.23. The lowest BCUT2D eigenvalue weighted by Gasteiger charge is -2.17. The average molecular weight is 246 g/mol. The Morgan fingerprint density at radius 2 is 1.83 bits per heavy atom. The summed E-state index contributed by atoms with van der Waals surface area (Å²) >= 11 is 0. The van der Waals surface area contributed by atoms with Crippen LogP contribution in [0.15, 0.2) is 12.3 Å². The first-order chi connectivity index (χ1) is 8.27. The van der Waals surface area contributed by atoms with Gasteiger partial charge in [0, 0.05) is 30.3 Å². The van der Waals surface area contributed by atoms with Gasteiger partial charge in [-0.3, -0.25) is 4.68 Å². The monoisotopic (exact) mass is 246 g/mol. The van der Waals surface area contributed by atoms with Crippen molar-refractivity contribution in [3.8, 4) is 11.3 Å². The summed E-state index contributed by atoms with van der Waals surface area (Å²) in [5.41, 5.74) is 13.9. The Bertz CT molecular complexity index is 558. The first-order valence-electron chi connectivity index (χ1n) is 5.72. The van der Waals surface area contributed by atoms with Crippen molar-refractivity contribution in [2.45, 2.75) is 26.2 Å². The number of nitrogens with zero attached hydrogens (tertiary/aromatic N) is 4. The molecule has 0 fully saturated rings. The van der Waals surface area contributed by atoms with E-state index in [9.17, 15) is 0 Å². The molecular formula is C12H18N6. The van der Waals surface area contributed by atoms with Crippen LogP contribution in [-0.4, -0.2) is 19.7 Å². The van der Waals surface area contributed by atoms with E-state index in [-0.39, 0.29) is 11.4 Å². The van der Waals surface area contributed by atoms with Gasteiger partial charge in [-0.15, -0.1) is 0 Å². The number of nitrogen functional groups attached to an aromatic ring is 2. The number of aryl methyl sites for hydroxylation is 1. The molecular weight excluding hydrogens is 228 g/mol. The fraction of sp³-hybridized carbons (Fsp3) is 0.417. The van der Waals surface area contributed by atoms with Crippen molar-refractivity contribution in [3.63, 3.8) is 0 Å². The first kappa shape index (κ1) is 12.3. The number of rotatable bonds is 1. The zero-order valence-corrected chi connectivity index (χ0v) is 11.1. The standard InChI is InChI=1S/C12H18N6/c1-12(2,3)10-7(6-18(4)17-10)8-5-9(13)16-11(14)15-8/h5-6H,1-4H3,(H4,13,14,15,16). The highest BCUT2D eigenvalue weighted by molar-refractivity contribution is 5.66. The molecule has 0 radical (unpaired) electrons. The third kappa shape index (κ3) is 2.27. The second-order valence-electron chi connectivity index (χ2n) is 5.35. The van der Waals surface area contributed by atoms with Crippen molar-refractivity contribution in [2.24, 2.45) is 7.05 Å². The lowest BCUT2D eigenvalue weighted by atomic mass is 9.89. The summed E-state index contributed by atoms with van der Waals surface area (Å²) in [5, 5.41) is 4.49.